The molecule has 0 spiro atoms. The Balaban J connectivity index is 1.37. The number of hydrogen-bond donors (Lipinski definition) is 4. The van der Waals surface area contributed by atoms with E-state index in [9.17, 15) is 10.3 Å². The number of nitrogens with zero attached hydrogens (tertiary/aromatic N) is 2. The fourth-order valence-electron chi connectivity index (χ4n) is 4.42. The molecular weight excluding hydrogens is 428 g/mol. The van der Waals surface area contributed by atoms with Gasteiger partial charge in [0.25, 0.3) is 11.2 Å². The fraction of sp³-hybridized carbons (Fsp3) is 0.407. The summed E-state index contributed by atoms with van der Waals surface area (Å²) in [5.41, 5.74) is 10.1. The van der Waals surface area contributed by atoms with Gasteiger partial charge < -0.3 is 20.9 Å². The fourth-order valence-corrected chi connectivity index (χ4v) is 4.42. The zero-order valence-corrected chi connectivity index (χ0v) is 19.4. The number of nitrogens with two attached hydrogens (primary N) is 1. The number of aliphatic hydroxyl groups is 1. The van der Waals surface area contributed by atoms with Gasteiger partial charge in [0.05, 0.1) is 29.8 Å². The second kappa shape index (κ2) is 9.89. The van der Waals surface area contributed by atoms with Crippen molar-refractivity contribution in [1.82, 2.24) is 0 Å². The van der Waals surface area contributed by atoms with E-state index in [4.69, 9.17) is 15.5 Å². The van der Waals surface area contributed by atoms with E-state index in [1.807, 2.05) is 54.7 Å². The molecule has 178 valence electrons. The van der Waals surface area contributed by atoms with Gasteiger partial charge in [-0.05, 0) is 62.6 Å². The van der Waals surface area contributed by atoms with Crippen LogP contribution in [0.2, 0.25) is 0 Å². The summed E-state index contributed by atoms with van der Waals surface area (Å²) in [7, 11) is 0. The predicted molar refractivity (Wildman–Crippen MR) is 134 cm³/mol. The zero-order chi connectivity index (χ0) is 23.5. The Kier molecular flexibility index (Phi) is 6.54. The summed E-state index contributed by atoms with van der Waals surface area (Å²) in [5, 5.41) is 24.9. The average molecular weight is 462 g/mol. The third-order valence-electron chi connectivity index (χ3n) is 6.80. The summed E-state index contributed by atoms with van der Waals surface area (Å²) in [4.78, 5) is 4.74. The van der Waals surface area contributed by atoms with Crippen molar-refractivity contribution in [1.29, 1.82) is 0 Å². The lowest BCUT2D eigenvalue weighted by molar-refractivity contribution is -0.889. The summed E-state index contributed by atoms with van der Waals surface area (Å²) < 4.78 is 7.33. The minimum Gasteiger partial charge on any atom is -0.491 e. The molecular formula is C27H33N4O3+. The Labute approximate surface area is 199 Å². The molecule has 0 radical (unpaired) electrons. The van der Waals surface area contributed by atoms with Gasteiger partial charge in [0.1, 0.15) is 12.3 Å². The minimum absolute atomic E-state index is 0.195. The lowest BCUT2D eigenvalue weighted by atomic mass is 9.93. The van der Waals surface area contributed by atoms with Crippen LogP contribution in [0.3, 0.4) is 0 Å². The molecule has 2 aromatic carbocycles. The van der Waals surface area contributed by atoms with Gasteiger partial charge in [-0.1, -0.05) is 12.1 Å². The highest BCUT2D eigenvalue weighted by atomic mass is 16.5. The number of aliphatic hydroxyl groups excluding tert-OH is 1. The monoisotopic (exact) mass is 461 g/mol. The summed E-state index contributed by atoms with van der Waals surface area (Å²) in [6, 6.07) is 15.7. The number of ether oxygens (including phenoxy) is 1. The van der Waals surface area contributed by atoms with Crippen LogP contribution in [0, 0.1) is 5.92 Å². The summed E-state index contributed by atoms with van der Waals surface area (Å²) >= 11 is 0. The van der Waals surface area contributed by atoms with E-state index >= 15 is 0 Å². The van der Waals surface area contributed by atoms with Gasteiger partial charge in [-0.2, -0.15) is 0 Å². The second-order valence-electron chi connectivity index (χ2n) is 9.52. The molecule has 2 saturated carbocycles. The van der Waals surface area contributed by atoms with Gasteiger partial charge in [0.2, 0.25) is 0 Å². The van der Waals surface area contributed by atoms with Crippen molar-refractivity contribution in [3.8, 4) is 5.75 Å². The normalized spacial score (nSPS) is 20.6. The molecule has 0 atom stereocenters. The number of nitrogens with one attached hydrogen (secondary N) is 1. The number of aliphatic imine (C=N–C) groups is 1. The number of aromatic nitrogens is 1. The third-order valence-corrected chi connectivity index (χ3v) is 6.80. The van der Waals surface area contributed by atoms with Gasteiger partial charge in [0, 0.05) is 40.4 Å². The molecule has 2 aliphatic carbocycles. The molecule has 3 aromatic rings. The van der Waals surface area contributed by atoms with Crippen LogP contribution in [0.1, 0.15) is 49.8 Å². The highest BCUT2D eigenvalue weighted by Gasteiger charge is 2.23. The van der Waals surface area contributed by atoms with Crippen molar-refractivity contribution in [3.05, 3.63) is 59.8 Å². The Morgan fingerprint density at radius 3 is 2.65 bits per heavy atom. The first-order valence-electron chi connectivity index (χ1n) is 12.2. The van der Waals surface area contributed by atoms with Crippen LogP contribution in [0.4, 0.5) is 11.4 Å². The smallest absolute Gasteiger partial charge is 0.264 e. The van der Waals surface area contributed by atoms with E-state index < -0.39 is 0 Å². The Morgan fingerprint density at radius 1 is 1.06 bits per heavy atom. The van der Waals surface area contributed by atoms with Crippen molar-refractivity contribution in [2.24, 2.45) is 10.9 Å². The highest BCUT2D eigenvalue weighted by Crippen LogP contribution is 2.34. The first-order chi connectivity index (χ1) is 16.6. The van der Waals surface area contributed by atoms with E-state index in [-0.39, 0.29) is 12.1 Å². The molecule has 5 N–H and O–H groups in total. The maximum Gasteiger partial charge on any atom is 0.264 e. The number of benzene rings is 2. The maximum absolute atomic E-state index is 10.7. The third kappa shape index (κ3) is 5.25. The van der Waals surface area contributed by atoms with E-state index in [2.05, 4.69) is 5.32 Å². The Hall–Kier alpha value is -3.32. The molecule has 0 bridgehead atoms. The molecule has 0 saturated heterocycles. The first kappa shape index (κ1) is 22.5. The first-order valence-corrected chi connectivity index (χ1v) is 12.2. The van der Waals surface area contributed by atoms with E-state index in [1.54, 1.807) is 0 Å². The molecule has 0 aliphatic heterocycles. The van der Waals surface area contributed by atoms with Crippen molar-refractivity contribution in [2.45, 2.75) is 57.2 Å². The number of nitrogen functional groups attached to an aromatic ring is 1. The van der Waals surface area contributed by atoms with Crippen molar-refractivity contribution in [2.75, 3.05) is 17.7 Å². The molecule has 1 heterocycles. The Bertz CT molecular complexity index is 1180. The number of anilines is 2. The molecule has 7 heteroatoms. The number of pyridine rings is 1. The molecule has 2 aliphatic rings. The molecule has 2 fully saturated rings. The molecule has 0 unspecified atom stereocenters. The van der Waals surface area contributed by atoms with Crippen molar-refractivity contribution < 1.29 is 19.8 Å². The lowest BCUT2D eigenvalue weighted by Gasteiger charge is -2.22. The summed E-state index contributed by atoms with van der Waals surface area (Å²) in [6.07, 6.45) is 7.44. The quantitative estimate of drug-likeness (QED) is 0.175. The van der Waals surface area contributed by atoms with Crippen LogP contribution < -0.4 is 20.5 Å². The van der Waals surface area contributed by atoms with Crippen LogP contribution in [-0.4, -0.2) is 35.3 Å². The molecule has 7 nitrogen and oxygen atoms in total. The zero-order valence-electron chi connectivity index (χ0n) is 19.4. The van der Waals surface area contributed by atoms with Crippen LogP contribution in [-0.2, 0) is 6.54 Å². The van der Waals surface area contributed by atoms with Crippen LogP contribution >= 0.6 is 0 Å². The van der Waals surface area contributed by atoms with Gasteiger partial charge in [-0.25, -0.2) is 0 Å². The predicted octanol–water partition coefficient (Wildman–Crippen LogP) is 4.07. The van der Waals surface area contributed by atoms with Crippen LogP contribution in [0.15, 0.2) is 53.5 Å². The van der Waals surface area contributed by atoms with E-state index in [1.165, 1.54) is 17.6 Å². The topological polar surface area (TPSA) is 104 Å². The average Bonchev–Trinajstić information content (AvgIpc) is 3.68. The van der Waals surface area contributed by atoms with E-state index in [0.29, 0.717) is 30.5 Å². The number of para-hydroxylation sites is 1. The highest BCUT2D eigenvalue weighted by molar-refractivity contribution is 5.90. The van der Waals surface area contributed by atoms with Gasteiger partial charge in [-0.3, -0.25) is 10.2 Å². The maximum atomic E-state index is 10.7. The minimum atomic E-state index is -0.195. The molecule has 1 aromatic heterocycles. The van der Waals surface area contributed by atoms with Crippen LogP contribution in [0.5, 0.6) is 5.75 Å². The van der Waals surface area contributed by atoms with Crippen LogP contribution in [0.25, 0.3) is 10.9 Å². The number of fused-ring (bicyclic) bond motifs is 1. The van der Waals surface area contributed by atoms with Gasteiger partial charge in [0.15, 0.2) is 0 Å². The number of rotatable bonds is 8. The lowest BCUT2D eigenvalue weighted by Crippen LogP contribution is -2.37. The van der Waals surface area contributed by atoms with Gasteiger partial charge in [-0.15, -0.1) is 0 Å². The SMILES string of the molecule is Nc1cc(OCC2CC2)c(NCc2ccc3ccccc3[n+]2O)cc1C=NC1CCC(O)CC1. The van der Waals surface area contributed by atoms with Crippen molar-refractivity contribution in [3.63, 3.8) is 0 Å². The largest absolute Gasteiger partial charge is 0.491 e. The Morgan fingerprint density at radius 2 is 1.85 bits per heavy atom. The van der Waals surface area contributed by atoms with Gasteiger partial charge >= 0.3 is 0 Å². The van der Waals surface area contributed by atoms with Crippen molar-refractivity contribution >= 4 is 28.5 Å². The number of hydrogen-bond acceptors (Lipinski definition) is 6. The standard InChI is InChI=1S/C27H33N4O3/c28-24-14-27(34-17-18-5-6-18)25(13-20(24)15-29-21-8-11-23(32)12-9-21)30-16-22-10-7-19-3-1-2-4-26(19)31(22)33/h1-4,7,10,13-15,18,21,23,30,32-33H,5-6,8-9,11-12,16-17,28H2/q+1. The molecule has 0 amide bonds. The summed E-state index contributed by atoms with van der Waals surface area (Å²) in [6.45, 7) is 1.10. The van der Waals surface area contributed by atoms with E-state index in [0.717, 1.165) is 53.5 Å². The molecule has 34 heavy (non-hydrogen) atoms. The molecule has 5 rings (SSSR count). The summed E-state index contributed by atoms with van der Waals surface area (Å²) in [5.74, 6) is 1.34. The second-order valence-corrected chi connectivity index (χ2v) is 9.52.